The van der Waals surface area contributed by atoms with E-state index in [0.29, 0.717) is 0 Å². The molecule has 3 rings (SSSR count). The minimum Gasteiger partial charge on any atom is -0.493 e. The lowest BCUT2D eigenvalue weighted by Crippen LogP contribution is -2.38. The number of hydrogen-bond donors (Lipinski definition) is 0. The Morgan fingerprint density at radius 1 is 0.871 bits per heavy atom. The van der Waals surface area contributed by atoms with Gasteiger partial charge in [0.15, 0.2) is 11.5 Å². The summed E-state index contributed by atoms with van der Waals surface area (Å²) in [6, 6.07) is 14.6. The highest BCUT2D eigenvalue weighted by molar-refractivity contribution is 5.43. The Morgan fingerprint density at radius 3 is 2.23 bits per heavy atom. The number of morpholine rings is 1. The molecule has 5 nitrogen and oxygen atoms in total. The minimum absolute atomic E-state index is 0.717. The summed E-state index contributed by atoms with van der Waals surface area (Å²) in [4.78, 5) is 2.39. The topological polar surface area (TPSA) is 40.2 Å². The quantitative estimate of drug-likeness (QED) is 0.531. The second kappa shape index (κ2) is 14.7. The normalized spacial score (nSPS) is 13.8. The molecule has 0 amide bonds. The molecule has 1 aliphatic rings. The van der Waals surface area contributed by atoms with Gasteiger partial charge in [-0.1, -0.05) is 38.5 Å². The zero-order valence-electron chi connectivity index (χ0n) is 19.7. The molecule has 0 atom stereocenters. The molecule has 0 unspecified atom stereocenters. The molecule has 0 bridgehead atoms. The van der Waals surface area contributed by atoms with Gasteiger partial charge in [-0.15, -0.1) is 0 Å². The van der Waals surface area contributed by atoms with Gasteiger partial charge in [0, 0.05) is 19.6 Å². The predicted octanol–water partition coefficient (Wildman–Crippen LogP) is 5.01. The maximum Gasteiger partial charge on any atom is 0.160 e. The molecule has 1 fully saturated rings. The van der Waals surface area contributed by atoms with Crippen LogP contribution in [0.1, 0.15) is 37.8 Å². The van der Waals surface area contributed by atoms with Crippen molar-refractivity contribution in [3.63, 3.8) is 0 Å². The van der Waals surface area contributed by atoms with Crippen LogP contribution in [0.3, 0.4) is 0 Å². The van der Waals surface area contributed by atoms with Gasteiger partial charge < -0.3 is 18.9 Å². The second-order valence-corrected chi connectivity index (χ2v) is 7.70. The van der Waals surface area contributed by atoms with Crippen molar-refractivity contribution in [3.8, 4) is 17.2 Å². The largest absolute Gasteiger partial charge is 0.493 e. The van der Waals surface area contributed by atoms with Crippen LogP contribution in [0.4, 0.5) is 0 Å². The molecule has 1 heterocycles. The zero-order chi connectivity index (χ0) is 22.3. The molecule has 0 aliphatic carbocycles. The van der Waals surface area contributed by atoms with Crippen molar-refractivity contribution >= 4 is 0 Å². The molecule has 0 radical (unpaired) electrons. The van der Waals surface area contributed by atoms with E-state index in [2.05, 4.69) is 49.1 Å². The highest BCUT2D eigenvalue weighted by Crippen LogP contribution is 2.28. The number of ether oxygens (including phenoxy) is 4. The van der Waals surface area contributed by atoms with Crippen LogP contribution in [-0.4, -0.2) is 58.6 Å². The van der Waals surface area contributed by atoms with Crippen molar-refractivity contribution in [3.05, 3.63) is 53.6 Å². The van der Waals surface area contributed by atoms with Crippen LogP contribution in [0.25, 0.3) is 0 Å². The van der Waals surface area contributed by atoms with Crippen LogP contribution in [0.2, 0.25) is 0 Å². The molecule has 0 aromatic heterocycles. The molecular weight excluding hydrogens is 390 g/mol. The van der Waals surface area contributed by atoms with Crippen molar-refractivity contribution in [2.24, 2.45) is 0 Å². The van der Waals surface area contributed by atoms with Crippen LogP contribution in [0.5, 0.6) is 17.2 Å². The van der Waals surface area contributed by atoms with Crippen molar-refractivity contribution in [1.29, 1.82) is 0 Å². The first-order valence-corrected chi connectivity index (χ1v) is 11.4. The summed E-state index contributed by atoms with van der Waals surface area (Å²) >= 11 is 0. The van der Waals surface area contributed by atoms with Crippen LogP contribution >= 0.6 is 0 Å². The lowest BCUT2D eigenvalue weighted by atomic mass is 10.0. The number of rotatable bonds is 10. The Morgan fingerprint density at radius 2 is 1.55 bits per heavy atom. The Labute approximate surface area is 188 Å². The summed E-state index contributed by atoms with van der Waals surface area (Å²) in [5, 5.41) is 0. The predicted molar refractivity (Wildman–Crippen MR) is 127 cm³/mol. The Kier molecular flexibility index (Phi) is 11.9. The van der Waals surface area contributed by atoms with E-state index >= 15 is 0 Å². The zero-order valence-corrected chi connectivity index (χ0v) is 19.7. The van der Waals surface area contributed by atoms with Gasteiger partial charge in [-0.25, -0.2) is 0 Å². The third-order valence-corrected chi connectivity index (χ3v) is 5.06. The summed E-state index contributed by atoms with van der Waals surface area (Å²) in [7, 11) is 3.33. The van der Waals surface area contributed by atoms with Gasteiger partial charge in [-0.2, -0.15) is 0 Å². The van der Waals surface area contributed by atoms with E-state index in [4.69, 9.17) is 18.9 Å². The fraction of sp³-hybridized carbons (Fsp3) is 0.538. The van der Waals surface area contributed by atoms with Gasteiger partial charge in [-0.05, 0) is 54.7 Å². The number of nitrogens with zero attached hydrogens (tertiary/aromatic N) is 1. The number of aryl methyl sites for hydroxylation is 2. The smallest absolute Gasteiger partial charge is 0.160 e. The SMILES string of the molecule is CCC.COc1ccc(CCCc2cccc(OCCN3CCOCC3)c2)cc1OC. The fourth-order valence-electron chi connectivity index (χ4n) is 3.44. The van der Waals surface area contributed by atoms with Gasteiger partial charge in [0.2, 0.25) is 0 Å². The van der Waals surface area contributed by atoms with E-state index in [-0.39, 0.29) is 0 Å². The third-order valence-electron chi connectivity index (χ3n) is 5.06. The van der Waals surface area contributed by atoms with Crippen LogP contribution in [0.15, 0.2) is 42.5 Å². The average Bonchev–Trinajstić information content (AvgIpc) is 2.80. The van der Waals surface area contributed by atoms with E-state index in [1.54, 1.807) is 14.2 Å². The number of methoxy groups -OCH3 is 2. The Hall–Kier alpha value is -2.24. The summed E-state index contributed by atoms with van der Waals surface area (Å²) in [6.07, 6.45) is 4.35. The van der Waals surface area contributed by atoms with Crippen LogP contribution in [0, 0.1) is 0 Å². The van der Waals surface area contributed by atoms with Crippen molar-refractivity contribution in [2.75, 3.05) is 53.7 Å². The molecule has 31 heavy (non-hydrogen) atoms. The van der Waals surface area contributed by atoms with E-state index in [1.807, 2.05) is 12.1 Å². The third kappa shape index (κ3) is 9.19. The molecule has 5 heteroatoms. The highest BCUT2D eigenvalue weighted by Gasteiger charge is 2.10. The van der Waals surface area contributed by atoms with Gasteiger partial charge in [0.25, 0.3) is 0 Å². The molecule has 0 spiro atoms. The van der Waals surface area contributed by atoms with E-state index < -0.39 is 0 Å². The summed E-state index contributed by atoms with van der Waals surface area (Å²) in [6.45, 7) is 9.58. The number of hydrogen-bond acceptors (Lipinski definition) is 5. The molecule has 2 aromatic rings. The van der Waals surface area contributed by atoms with E-state index in [9.17, 15) is 0 Å². The highest BCUT2D eigenvalue weighted by atomic mass is 16.5. The van der Waals surface area contributed by atoms with Crippen molar-refractivity contribution in [2.45, 2.75) is 39.5 Å². The first-order valence-electron chi connectivity index (χ1n) is 11.4. The monoisotopic (exact) mass is 429 g/mol. The molecule has 2 aromatic carbocycles. The van der Waals surface area contributed by atoms with Gasteiger partial charge in [-0.3, -0.25) is 4.90 Å². The molecule has 1 aliphatic heterocycles. The Balaban J connectivity index is 0.00000107. The molecule has 0 saturated carbocycles. The average molecular weight is 430 g/mol. The maximum atomic E-state index is 5.96. The van der Waals surface area contributed by atoms with Gasteiger partial charge in [0.1, 0.15) is 12.4 Å². The minimum atomic E-state index is 0.717. The van der Waals surface area contributed by atoms with Crippen molar-refractivity contribution < 1.29 is 18.9 Å². The molecule has 1 saturated heterocycles. The van der Waals surface area contributed by atoms with E-state index in [0.717, 1.165) is 76.0 Å². The lowest BCUT2D eigenvalue weighted by Gasteiger charge is -2.26. The Bertz CT molecular complexity index is 744. The van der Waals surface area contributed by atoms with Crippen molar-refractivity contribution in [1.82, 2.24) is 4.90 Å². The van der Waals surface area contributed by atoms with Crippen LogP contribution in [-0.2, 0) is 17.6 Å². The summed E-state index contributed by atoms with van der Waals surface area (Å²) in [5.74, 6) is 2.51. The van der Waals surface area contributed by atoms with Gasteiger partial charge in [0.05, 0.1) is 27.4 Å². The lowest BCUT2D eigenvalue weighted by molar-refractivity contribution is 0.0322. The summed E-state index contributed by atoms with van der Waals surface area (Å²) < 4.78 is 22.0. The standard InChI is InChI=1S/C23H31NO4.C3H8/c1-25-22-10-9-20(18-23(22)26-2)6-3-5-19-7-4-8-21(17-19)28-16-13-24-11-14-27-15-12-24;1-3-2/h4,7-10,17-18H,3,5-6,11-16H2,1-2H3;3H2,1-2H3. The van der Waals surface area contributed by atoms with Gasteiger partial charge >= 0.3 is 0 Å². The molecule has 0 N–H and O–H groups in total. The maximum absolute atomic E-state index is 5.96. The molecular formula is C26H39NO4. The fourth-order valence-corrected chi connectivity index (χ4v) is 3.44. The second-order valence-electron chi connectivity index (χ2n) is 7.70. The first kappa shape index (κ1) is 25.0. The number of benzene rings is 2. The van der Waals surface area contributed by atoms with Crippen LogP contribution < -0.4 is 14.2 Å². The summed E-state index contributed by atoms with van der Waals surface area (Å²) in [5.41, 5.74) is 2.57. The molecule has 172 valence electrons. The first-order chi connectivity index (χ1) is 15.2. The van der Waals surface area contributed by atoms with E-state index in [1.165, 1.54) is 17.5 Å².